The van der Waals surface area contributed by atoms with Gasteiger partial charge in [-0.05, 0) is 17.5 Å². The molecular formula is C20H23N2O8P. The molecule has 2 aromatic rings. The second-order valence-corrected chi connectivity index (χ2v) is 9.18. The first kappa shape index (κ1) is 24.0. The minimum Gasteiger partial charge on any atom is -0.467 e. The Morgan fingerprint density at radius 2 is 1.84 bits per heavy atom. The molecule has 0 aromatic heterocycles. The SMILES string of the molecule is COC(=O)[C@H](CCP(=O)(O)Cc1cccc([N+](=O)[O-])c1)NC(=O)OCc1ccccc1. The number of alkyl carbamates (subject to hydrolysis) is 1. The van der Waals surface area contributed by atoms with Crippen LogP contribution >= 0.6 is 7.37 Å². The van der Waals surface area contributed by atoms with Crippen molar-refractivity contribution in [1.82, 2.24) is 5.32 Å². The monoisotopic (exact) mass is 450 g/mol. The number of nitrogens with zero attached hydrogens (tertiary/aromatic N) is 1. The van der Waals surface area contributed by atoms with Gasteiger partial charge in [0.2, 0.25) is 7.37 Å². The molecule has 0 spiro atoms. The van der Waals surface area contributed by atoms with Crippen molar-refractivity contribution < 1.29 is 33.4 Å². The van der Waals surface area contributed by atoms with Crippen LogP contribution in [-0.4, -0.2) is 41.2 Å². The number of methoxy groups -OCH3 is 1. The van der Waals surface area contributed by atoms with Gasteiger partial charge < -0.3 is 19.7 Å². The van der Waals surface area contributed by atoms with E-state index in [9.17, 15) is 29.2 Å². The summed E-state index contributed by atoms with van der Waals surface area (Å²) < 4.78 is 22.3. The van der Waals surface area contributed by atoms with E-state index in [4.69, 9.17) is 4.74 Å². The highest BCUT2D eigenvalue weighted by atomic mass is 31.2. The van der Waals surface area contributed by atoms with Gasteiger partial charge in [-0.25, -0.2) is 9.59 Å². The predicted octanol–water partition coefficient (Wildman–Crippen LogP) is 3.22. The van der Waals surface area contributed by atoms with Gasteiger partial charge in [-0.3, -0.25) is 14.7 Å². The number of nitrogens with one attached hydrogen (secondary N) is 1. The van der Waals surface area contributed by atoms with E-state index in [0.717, 1.165) is 12.7 Å². The number of carbonyl (C=O) groups is 2. The first-order valence-electron chi connectivity index (χ1n) is 9.29. The lowest BCUT2D eigenvalue weighted by Crippen LogP contribution is -2.42. The van der Waals surface area contributed by atoms with E-state index in [1.165, 1.54) is 24.3 Å². The van der Waals surface area contributed by atoms with Crippen LogP contribution in [0, 0.1) is 10.1 Å². The molecule has 2 N–H and O–H groups in total. The van der Waals surface area contributed by atoms with E-state index in [1.807, 2.05) is 6.07 Å². The molecule has 166 valence electrons. The van der Waals surface area contributed by atoms with Crippen LogP contribution < -0.4 is 5.32 Å². The van der Waals surface area contributed by atoms with Crippen LogP contribution in [0.25, 0.3) is 0 Å². The standard InChI is InChI=1S/C20H23N2O8P/c1-29-19(23)18(21-20(24)30-13-15-6-3-2-4-7-15)10-11-31(27,28)14-16-8-5-9-17(12-16)22(25)26/h2-9,12,18H,10-11,13-14H2,1H3,(H,21,24)(H,27,28)/t18-/m0/s1. The van der Waals surface area contributed by atoms with Crippen LogP contribution in [-0.2, 0) is 31.6 Å². The molecule has 0 bridgehead atoms. The lowest BCUT2D eigenvalue weighted by Gasteiger charge is -2.18. The van der Waals surface area contributed by atoms with Crippen LogP contribution in [0.15, 0.2) is 54.6 Å². The molecule has 0 aliphatic rings. The molecule has 2 atom stereocenters. The van der Waals surface area contributed by atoms with E-state index in [1.54, 1.807) is 24.3 Å². The lowest BCUT2D eigenvalue weighted by molar-refractivity contribution is -0.384. The summed E-state index contributed by atoms with van der Waals surface area (Å²) in [6.45, 7) is -0.00809. The molecule has 0 heterocycles. The molecule has 2 aromatic carbocycles. The quantitative estimate of drug-likeness (QED) is 0.243. The fraction of sp³-hybridized carbons (Fsp3) is 0.300. The van der Waals surface area contributed by atoms with Gasteiger partial charge in [-0.2, -0.15) is 0 Å². The Kier molecular flexibility index (Phi) is 8.72. The van der Waals surface area contributed by atoms with E-state index < -0.39 is 30.4 Å². The molecular weight excluding hydrogens is 427 g/mol. The minimum absolute atomic E-state index is 0.00809. The van der Waals surface area contributed by atoms with Crippen molar-refractivity contribution in [3.8, 4) is 0 Å². The topological polar surface area (TPSA) is 145 Å². The smallest absolute Gasteiger partial charge is 0.408 e. The Balaban J connectivity index is 1.94. The van der Waals surface area contributed by atoms with Gasteiger partial charge in [0.05, 0.1) is 12.0 Å². The van der Waals surface area contributed by atoms with Crippen LogP contribution in [0.4, 0.5) is 10.5 Å². The number of carbonyl (C=O) groups excluding carboxylic acids is 2. The number of benzene rings is 2. The highest BCUT2D eigenvalue weighted by Crippen LogP contribution is 2.45. The molecule has 11 heteroatoms. The van der Waals surface area contributed by atoms with Crippen LogP contribution in [0.1, 0.15) is 17.5 Å². The first-order chi connectivity index (χ1) is 14.7. The summed E-state index contributed by atoms with van der Waals surface area (Å²) in [7, 11) is -2.66. The maximum Gasteiger partial charge on any atom is 0.408 e. The molecule has 31 heavy (non-hydrogen) atoms. The second-order valence-electron chi connectivity index (χ2n) is 6.73. The maximum atomic E-state index is 12.6. The molecule has 1 amide bonds. The number of nitro benzene ring substituents is 1. The average molecular weight is 450 g/mol. The number of non-ortho nitro benzene ring substituents is 1. The van der Waals surface area contributed by atoms with Gasteiger partial charge in [0.25, 0.3) is 5.69 Å². The van der Waals surface area contributed by atoms with Crippen LogP contribution in [0.3, 0.4) is 0 Å². The summed E-state index contributed by atoms with van der Waals surface area (Å²) in [4.78, 5) is 44.5. The summed E-state index contributed by atoms with van der Waals surface area (Å²) in [6.07, 6.45) is -1.66. The van der Waals surface area contributed by atoms with Crippen LogP contribution in [0.5, 0.6) is 0 Å². The Morgan fingerprint density at radius 1 is 1.16 bits per heavy atom. The number of esters is 1. The van der Waals surface area contributed by atoms with Gasteiger partial charge in [0, 0.05) is 24.5 Å². The van der Waals surface area contributed by atoms with E-state index >= 15 is 0 Å². The highest BCUT2D eigenvalue weighted by Gasteiger charge is 2.27. The van der Waals surface area contributed by atoms with Crippen molar-refractivity contribution in [3.05, 3.63) is 75.8 Å². The van der Waals surface area contributed by atoms with Gasteiger partial charge >= 0.3 is 12.1 Å². The molecule has 0 fully saturated rings. The zero-order chi connectivity index (χ0) is 22.9. The largest absolute Gasteiger partial charge is 0.467 e. The number of ether oxygens (including phenoxy) is 2. The Labute approximate surface area is 178 Å². The van der Waals surface area contributed by atoms with Crippen molar-refractivity contribution in [2.45, 2.75) is 25.2 Å². The Morgan fingerprint density at radius 3 is 2.48 bits per heavy atom. The number of rotatable bonds is 10. The van der Waals surface area contributed by atoms with Gasteiger partial charge in [0.1, 0.15) is 12.6 Å². The molecule has 0 aliphatic heterocycles. The minimum atomic E-state index is -3.80. The fourth-order valence-corrected chi connectivity index (χ4v) is 4.35. The second kappa shape index (κ2) is 11.2. The number of nitro groups is 1. The Bertz CT molecular complexity index is 967. The fourth-order valence-electron chi connectivity index (χ4n) is 2.76. The maximum absolute atomic E-state index is 12.6. The summed E-state index contributed by atoms with van der Waals surface area (Å²) in [5.41, 5.74) is 0.890. The summed E-state index contributed by atoms with van der Waals surface area (Å²) in [5.74, 6) is -0.785. The summed E-state index contributed by atoms with van der Waals surface area (Å²) in [5, 5.41) is 13.2. The van der Waals surface area contributed by atoms with Crippen molar-refractivity contribution in [2.24, 2.45) is 0 Å². The van der Waals surface area contributed by atoms with Gasteiger partial charge in [-0.15, -0.1) is 0 Å². The lowest BCUT2D eigenvalue weighted by atomic mass is 10.2. The molecule has 2 rings (SSSR count). The third kappa shape index (κ3) is 8.19. The first-order valence-corrected chi connectivity index (χ1v) is 11.3. The Hall–Kier alpha value is -3.23. The summed E-state index contributed by atoms with van der Waals surface area (Å²) >= 11 is 0. The molecule has 0 saturated carbocycles. The average Bonchev–Trinajstić information content (AvgIpc) is 2.75. The summed E-state index contributed by atoms with van der Waals surface area (Å²) in [6, 6.07) is 13.2. The molecule has 0 radical (unpaired) electrons. The molecule has 0 saturated heterocycles. The van der Waals surface area contributed by atoms with Crippen LogP contribution in [0.2, 0.25) is 0 Å². The van der Waals surface area contributed by atoms with E-state index in [-0.39, 0.29) is 31.0 Å². The zero-order valence-electron chi connectivity index (χ0n) is 16.8. The van der Waals surface area contributed by atoms with E-state index in [2.05, 4.69) is 10.1 Å². The predicted molar refractivity (Wildman–Crippen MR) is 112 cm³/mol. The van der Waals surface area contributed by atoms with E-state index in [0.29, 0.717) is 5.56 Å². The highest BCUT2D eigenvalue weighted by molar-refractivity contribution is 7.57. The third-order valence-corrected chi connectivity index (χ3v) is 6.13. The van der Waals surface area contributed by atoms with Crippen molar-refractivity contribution in [1.29, 1.82) is 0 Å². The van der Waals surface area contributed by atoms with Crippen molar-refractivity contribution in [3.63, 3.8) is 0 Å². The number of hydrogen-bond donors (Lipinski definition) is 2. The normalized spacial score (nSPS) is 13.5. The number of hydrogen-bond acceptors (Lipinski definition) is 7. The zero-order valence-corrected chi connectivity index (χ0v) is 17.7. The van der Waals surface area contributed by atoms with Gasteiger partial charge in [0.15, 0.2) is 0 Å². The number of amides is 1. The molecule has 0 aliphatic carbocycles. The van der Waals surface area contributed by atoms with Crippen molar-refractivity contribution in [2.75, 3.05) is 13.3 Å². The molecule has 1 unspecified atom stereocenters. The third-order valence-electron chi connectivity index (χ3n) is 4.31. The van der Waals surface area contributed by atoms with Gasteiger partial charge in [-0.1, -0.05) is 42.5 Å². The molecule has 10 nitrogen and oxygen atoms in total. The van der Waals surface area contributed by atoms with Crippen molar-refractivity contribution >= 4 is 25.1 Å².